The van der Waals surface area contributed by atoms with E-state index in [1.807, 2.05) is 0 Å². The van der Waals surface area contributed by atoms with E-state index in [1.165, 1.54) is 12.0 Å². The number of benzene rings is 1. The number of carbonyl (C=O) groups is 4. The van der Waals surface area contributed by atoms with Crippen molar-refractivity contribution in [1.82, 2.24) is 9.80 Å². The van der Waals surface area contributed by atoms with Gasteiger partial charge in [-0.1, -0.05) is 12.1 Å². The number of nitrogens with zero attached hydrogens (tertiary/aromatic N) is 2. The van der Waals surface area contributed by atoms with Crippen molar-refractivity contribution in [3.8, 4) is 0 Å². The van der Waals surface area contributed by atoms with Crippen molar-refractivity contribution in [2.45, 2.75) is 18.9 Å². The van der Waals surface area contributed by atoms with E-state index in [2.05, 4.69) is 0 Å². The second-order valence-electron chi connectivity index (χ2n) is 5.51. The number of rotatable bonds is 3. The summed E-state index contributed by atoms with van der Waals surface area (Å²) in [6.07, 6.45) is 1.22. The highest BCUT2D eigenvalue weighted by molar-refractivity contribution is 6.22. The molecule has 0 saturated carbocycles. The predicted octanol–water partition coefficient (Wildman–Crippen LogP) is 0.447. The van der Waals surface area contributed by atoms with Crippen LogP contribution in [0.2, 0.25) is 0 Å². The Kier molecular flexibility index (Phi) is 3.85. The van der Waals surface area contributed by atoms with Gasteiger partial charge in [-0.05, 0) is 25.0 Å². The van der Waals surface area contributed by atoms with Gasteiger partial charge in [-0.25, -0.2) is 4.79 Å². The lowest BCUT2D eigenvalue weighted by Crippen LogP contribution is -2.47. The fourth-order valence-electron chi connectivity index (χ4n) is 3.06. The number of imide groups is 1. The number of carbonyl (C=O) groups excluding carboxylic acids is 4. The molecule has 1 unspecified atom stereocenters. The molecule has 7 nitrogen and oxygen atoms in total. The van der Waals surface area contributed by atoms with Crippen LogP contribution in [0.3, 0.4) is 0 Å². The van der Waals surface area contributed by atoms with Gasteiger partial charge in [0, 0.05) is 6.54 Å². The van der Waals surface area contributed by atoms with Crippen molar-refractivity contribution < 1.29 is 23.9 Å². The largest absolute Gasteiger partial charge is 0.467 e. The SMILES string of the molecule is COC(=O)C1CCCN1C(=O)CN1C(=O)c2ccccc2C1=O. The average molecular weight is 316 g/mol. The zero-order chi connectivity index (χ0) is 16.6. The Bertz CT molecular complexity index is 664. The normalized spacial score (nSPS) is 20.0. The molecule has 0 aromatic heterocycles. The minimum Gasteiger partial charge on any atom is -0.467 e. The van der Waals surface area contributed by atoms with Gasteiger partial charge in [0.25, 0.3) is 11.8 Å². The van der Waals surface area contributed by atoms with Crippen molar-refractivity contribution in [3.05, 3.63) is 35.4 Å². The molecule has 7 heteroatoms. The van der Waals surface area contributed by atoms with Gasteiger partial charge in [0.15, 0.2) is 0 Å². The maximum absolute atomic E-state index is 12.4. The van der Waals surface area contributed by atoms with Gasteiger partial charge in [-0.15, -0.1) is 0 Å². The van der Waals surface area contributed by atoms with Gasteiger partial charge in [0.2, 0.25) is 5.91 Å². The first-order chi connectivity index (χ1) is 11.0. The maximum Gasteiger partial charge on any atom is 0.328 e. The molecule has 1 aromatic carbocycles. The molecule has 0 N–H and O–H groups in total. The number of amides is 3. The molecule has 2 aliphatic heterocycles. The third-order valence-corrected chi connectivity index (χ3v) is 4.22. The number of ether oxygens (including phenoxy) is 1. The number of hydrogen-bond donors (Lipinski definition) is 0. The molecule has 0 aliphatic carbocycles. The molecule has 3 rings (SSSR count). The Balaban J connectivity index is 1.75. The molecule has 2 heterocycles. The Morgan fingerprint density at radius 2 is 1.78 bits per heavy atom. The van der Waals surface area contributed by atoms with E-state index in [4.69, 9.17) is 4.74 Å². The van der Waals surface area contributed by atoms with Crippen LogP contribution < -0.4 is 0 Å². The van der Waals surface area contributed by atoms with Crippen LogP contribution in [-0.2, 0) is 14.3 Å². The molecule has 0 radical (unpaired) electrons. The highest BCUT2D eigenvalue weighted by Crippen LogP contribution is 2.24. The summed E-state index contributed by atoms with van der Waals surface area (Å²) in [6, 6.07) is 5.83. The minimum atomic E-state index is -0.636. The number of fused-ring (bicyclic) bond motifs is 1. The maximum atomic E-state index is 12.4. The number of hydrogen-bond acceptors (Lipinski definition) is 5. The number of methoxy groups -OCH3 is 1. The molecule has 23 heavy (non-hydrogen) atoms. The fraction of sp³-hybridized carbons (Fsp3) is 0.375. The molecule has 2 aliphatic rings. The molecule has 1 atom stereocenters. The average Bonchev–Trinajstić information content (AvgIpc) is 3.14. The lowest BCUT2D eigenvalue weighted by Gasteiger charge is -2.24. The zero-order valence-corrected chi connectivity index (χ0v) is 12.7. The quantitative estimate of drug-likeness (QED) is 0.597. The van der Waals surface area contributed by atoms with Gasteiger partial charge >= 0.3 is 5.97 Å². The van der Waals surface area contributed by atoms with Crippen LogP contribution in [0.5, 0.6) is 0 Å². The van der Waals surface area contributed by atoms with Crippen LogP contribution in [0, 0.1) is 0 Å². The highest BCUT2D eigenvalue weighted by Gasteiger charge is 2.40. The minimum absolute atomic E-state index is 0.302. The topological polar surface area (TPSA) is 84.0 Å². The summed E-state index contributed by atoms with van der Waals surface area (Å²) in [6.45, 7) is 0.0572. The van der Waals surface area contributed by atoms with Gasteiger partial charge < -0.3 is 9.64 Å². The molecule has 3 amide bonds. The van der Waals surface area contributed by atoms with Crippen LogP contribution in [0.15, 0.2) is 24.3 Å². The van der Waals surface area contributed by atoms with Crippen LogP contribution in [-0.4, -0.2) is 59.7 Å². The molecular weight excluding hydrogens is 300 g/mol. The van der Waals surface area contributed by atoms with E-state index in [0.29, 0.717) is 30.5 Å². The molecule has 1 saturated heterocycles. The summed E-state index contributed by atoms with van der Waals surface area (Å²) in [5.41, 5.74) is 0.604. The Morgan fingerprint density at radius 3 is 2.35 bits per heavy atom. The third-order valence-electron chi connectivity index (χ3n) is 4.22. The van der Waals surface area contributed by atoms with Crippen molar-refractivity contribution in [2.24, 2.45) is 0 Å². The van der Waals surface area contributed by atoms with E-state index >= 15 is 0 Å². The van der Waals surface area contributed by atoms with Crippen LogP contribution >= 0.6 is 0 Å². The lowest BCUT2D eigenvalue weighted by molar-refractivity contribution is -0.150. The second-order valence-corrected chi connectivity index (χ2v) is 5.51. The van der Waals surface area contributed by atoms with Crippen LogP contribution in [0.4, 0.5) is 0 Å². The summed E-state index contributed by atoms with van der Waals surface area (Å²) < 4.78 is 4.70. The van der Waals surface area contributed by atoms with Crippen molar-refractivity contribution >= 4 is 23.7 Å². The summed E-state index contributed by atoms with van der Waals surface area (Å²) in [7, 11) is 1.27. The number of esters is 1. The van der Waals surface area contributed by atoms with Gasteiger partial charge in [0.1, 0.15) is 12.6 Å². The molecule has 120 valence electrons. The zero-order valence-electron chi connectivity index (χ0n) is 12.7. The molecule has 1 aromatic rings. The Hall–Kier alpha value is -2.70. The standard InChI is InChI=1S/C16H16N2O5/c1-23-16(22)12-7-4-8-17(12)13(19)9-18-14(20)10-5-2-3-6-11(10)15(18)21/h2-3,5-6,12H,4,7-9H2,1H3. The summed E-state index contributed by atoms with van der Waals surface area (Å²) in [5, 5.41) is 0. The fourth-order valence-corrected chi connectivity index (χ4v) is 3.06. The first-order valence-electron chi connectivity index (χ1n) is 7.37. The van der Waals surface area contributed by atoms with Crippen molar-refractivity contribution in [3.63, 3.8) is 0 Å². The molecular formula is C16H16N2O5. The second kappa shape index (κ2) is 5.83. The highest BCUT2D eigenvalue weighted by atomic mass is 16.5. The smallest absolute Gasteiger partial charge is 0.328 e. The molecule has 0 bridgehead atoms. The molecule has 1 fully saturated rings. The van der Waals surface area contributed by atoms with E-state index < -0.39 is 29.7 Å². The summed E-state index contributed by atoms with van der Waals surface area (Å²) in [4.78, 5) is 51.0. The predicted molar refractivity (Wildman–Crippen MR) is 78.6 cm³/mol. The Labute approximate surface area is 132 Å². The van der Waals surface area contributed by atoms with Crippen LogP contribution in [0.25, 0.3) is 0 Å². The van der Waals surface area contributed by atoms with E-state index in [1.54, 1.807) is 24.3 Å². The lowest BCUT2D eigenvalue weighted by atomic mass is 10.1. The first kappa shape index (κ1) is 15.2. The monoisotopic (exact) mass is 316 g/mol. The first-order valence-corrected chi connectivity index (χ1v) is 7.37. The van der Waals surface area contributed by atoms with Crippen molar-refractivity contribution in [2.75, 3.05) is 20.2 Å². The van der Waals surface area contributed by atoms with Crippen LogP contribution in [0.1, 0.15) is 33.6 Å². The van der Waals surface area contributed by atoms with E-state index in [9.17, 15) is 19.2 Å². The van der Waals surface area contributed by atoms with E-state index in [-0.39, 0.29) is 6.54 Å². The summed E-state index contributed by atoms with van der Waals surface area (Å²) in [5.74, 6) is -1.86. The third kappa shape index (κ3) is 2.48. The van der Waals surface area contributed by atoms with Gasteiger partial charge in [-0.2, -0.15) is 0 Å². The van der Waals surface area contributed by atoms with Gasteiger partial charge in [0.05, 0.1) is 18.2 Å². The Morgan fingerprint density at radius 1 is 1.17 bits per heavy atom. The molecule has 0 spiro atoms. The van der Waals surface area contributed by atoms with Gasteiger partial charge in [-0.3, -0.25) is 19.3 Å². The van der Waals surface area contributed by atoms with Crippen molar-refractivity contribution in [1.29, 1.82) is 0 Å². The number of likely N-dealkylation sites (tertiary alicyclic amines) is 1. The van der Waals surface area contributed by atoms with E-state index in [0.717, 1.165) is 4.90 Å². The summed E-state index contributed by atoms with van der Waals surface area (Å²) >= 11 is 0.